The van der Waals surface area contributed by atoms with E-state index < -0.39 is 21.3 Å². The highest BCUT2D eigenvalue weighted by Crippen LogP contribution is 2.33. The summed E-state index contributed by atoms with van der Waals surface area (Å²) in [4.78, 5) is -0.194. The molecule has 1 fully saturated rings. The van der Waals surface area contributed by atoms with Crippen molar-refractivity contribution in [2.45, 2.75) is 10.4 Å². The van der Waals surface area contributed by atoms with Gasteiger partial charge in [0, 0.05) is 18.1 Å². The first kappa shape index (κ1) is 13.8. The lowest BCUT2D eigenvalue weighted by Gasteiger charge is -2.30. The van der Waals surface area contributed by atoms with Crippen molar-refractivity contribution in [1.29, 1.82) is 0 Å². The van der Waals surface area contributed by atoms with Gasteiger partial charge in [-0.15, -0.1) is 11.6 Å². The predicted octanol–water partition coefficient (Wildman–Crippen LogP) is 1.28. The Bertz CT molecular complexity index is 550. The first-order valence-corrected chi connectivity index (χ1v) is 8.29. The van der Waals surface area contributed by atoms with Crippen LogP contribution < -0.4 is 5.73 Å². The summed E-state index contributed by atoms with van der Waals surface area (Å²) in [5.41, 5.74) is 4.94. The minimum atomic E-state index is -3.81. The SMILES string of the molecule is Nc1cccc(S(=O)(=O)N2CCSCC2Cl)c1O. The van der Waals surface area contributed by atoms with Crippen LogP contribution in [0.4, 0.5) is 5.69 Å². The average molecular weight is 309 g/mol. The molecule has 1 aromatic rings. The van der Waals surface area contributed by atoms with Crippen molar-refractivity contribution in [2.24, 2.45) is 0 Å². The van der Waals surface area contributed by atoms with Crippen LogP contribution in [0.2, 0.25) is 0 Å². The standard InChI is InChI=1S/C10H13ClN2O3S2/c11-9-6-17-5-4-13(9)18(15,16)8-3-1-2-7(12)10(8)14/h1-3,9,14H,4-6,12H2. The number of halogens is 1. The van der Waals surface area contributed by atoms with Crippen molar-refractivity contribution in [3.63, 3.8) is 0 Å². The van der Waals surface area contributed by atoms with E-state index in [9.17, 15) is 13.5 Å². The number of aromatic hydroxyl groups is 1. The zero-order valence-electron chi connectivity index (χ0n) is 9.41. The maximum absolute atomic E-state index is 12.4. The number of nitrogens with two attached hydrogens (primary N) is 1. The predicted molar refractivity (Wildman–Crippen MR) is 73.4 cm³/mol. The monoisotopic (exact) mass is 308 g/mol. The molecule has 1 aliphatic rings. The molecule has 0 radical (unpaired) electrons. The molecular weight excluding hydrogens is 296 g/mol. The maximum Gasteiger partial charge on any atom is 0.248 e. The third-order valence-electron chi connectivity index (χ3n) is 2.64. The van der Waals surface area contributed by atoms with Gasteiger partial charge in [0.25, 0.3) is 0 Å². The molecule has 2 rings (SSSR count). The number of rotatable bonds is 2. The lowest BCUT2D eigenvalue weighted by molar-refractivity contribution is 0.409. The fourth-order valence-corrected chi connectivity index (χ4v) is 5.03. The number of phenols is 1. The molecule has 1 heterocycles. The van der Waals surface area contributed by atoms with Gasteiger partial charge in [-0.2, -0.15) is 16.1 Å². The molecule has 0 spiro atoms. The molecule has 1 unspecified atom stereocenters. The number of hydrogen-bond acceptors (Lipinski definition) is 5. The van der Waals surface area contributed by atoms with E-state index in [1.165, 1.54) is 22.5 Å². The van der Waals surface area contributed by atoms with Gasteiger partial charge in [0.1, 0.15) is 10.4 Å². The Kier molecular flexibility index (Phi) is 3.96. The fraction of sp³-hybridized carbons (Fsp3) is 0.400. The number of phenolic OH excluding ortho intramolecular Hbond substituents is 1. The first-order valence-electron chi connectivity index (χ1n) is 5.25. The summed E-state index contributed by atoms with van der Waals surface area (Å²) in [7, 11) is -3.81. The van der Waals surface area contributed by atoms with Crippen LogP contribution in [0.1, 0.15) is 0 Å². The molecule has 1 aliphatic heterocycles. The van der Waals surface area contributed by atoms with Gasteiger partial charge in [-0.05, 0) is 12.1 Å². The zero-order valence-corrected chi connectivity index (χ0v) is 11.8. The van der Waals surface area contributed by atoms with Crippen molar-refractivity contribution in [1.82, 2.24) is 4.31 Å². The van der Waals surface area contributed by atoms with Gasteiger partial charge >= 0.3 is 0 Å². The molecule has 1 aromatic carbocycles. The van der Waals surface area contributed by atoms with Crippen molar-refractivity contribution in [3.8, 4) is 5.75 Å². The maximum atomic E-state index is 12.4. The second-order valence-electron chi connectivity index (χ2n) is 3.82. The summed E-state index contributed by atoms with van der Waals surface area (Å²) < 4.78 is 26.0. The number of sulfonamides is 1. The smallest absolute Gasteiger partial charge is 0.248 e. The van der Waals surface area contributed by atoms with Crippen LogP contribution in [0, 0.1) is 0 Å². The molecule has 18 heavy (non-hydrogen) atoms. The number of anilines is 1. The zero-order chi connectivity index (χ0) is 13.3. The molecule has 0 bridgehead atoms. The molecule has 0 aliphatic carbocycles. The molecule has 3 N–H and O–H groups in total. The van der Waals surface area contributed by atoms with Crippen LogP contribution in [0.15, 0.2) is 23.1 Å². The molecule has 0 saturated carbocycles. The molecule has 0 amide bonds. The van der Waals surface area contributed by atoms with E-state index >= 15 is 0 Å². The van der Waals surface area contributed by atoms with Crippen molar-refractivity contribution in [3.05, 3.63) is 18.2 Å². The van der Waals surface area contributed by atoms with Crippen LogP contribution in [0.25, 0.3) is 0 Å². The third-order valence-corrected chi connectivity index (χ3v) is 6.29. The van der Waals surface area contributed by atoms with E-state index in [4.69, 9.17) is 17.3 Å². The van der Waals surface area contributed by atoms with E-state index in [-0.39, 0.29) is 10.6 Å². The molecule has 1 atom stereocenters. The molecule has 0 aromatic heterocycles. The number of hydrogen-bond donors (Lipinski definition) is 2. The Hall–Kier alpha value is -0.630. The van der Waals surface area contributed by atoms with Gasteiger partial charge < -0.3 is 10.8 Å². The van der Waals surface area contributed by atoms with E-state index in [1.54, 1.807) is 11.8 Å². The average Bonchev–Trinajstić information content (AvgIpc) is 2.32. The Labute approximate surface area is 115 Å². The lowest BCUT2D eigenvalue weighted by atomic mass is 10.3. The quantitative estimate of drug-likeness (QED) is 0.372. The summed E-state index contributed by atoms with van der Waals surface area (Å²) in [5, 5.41) is 9.77. The first-order chi connectivity index (χ1) is 8.44. The Morgan fingerprint density at radius 2 is 2.22 bits per heavy atom. The van der Waals surface area contributed by atoms with Crippen molar-refractivity contribution in [2.75, 3.05) is 23.8 Å². The number of alkyl halides is 1. The topological polar surface area (TPSA) is 83.6 Å². The minimum Gasteiger partial charge on any atom is -0.504 e. The van der Waals surface area contributed by atoms with Gasteiger partial charge in [0.2, 0.25) is 10.0 Å². The second kappa shape index (κ2) is 5.16. The van der Waals surface area contributed by atoms with E-state index in [0.29, 0.717) is 18.1 Å². The number of thioether (sulfide) groups is 1. The van der Waals surface area contributed by atoms with E-state index in [0.717, 1.165) is 0 Å². The fourth-order valence-electron chi connectivity index (χ4n) is 1.70. The summed E-state index contributed by atoms with van der Waals surface area (Å²) in [6.07, 6.45) is 0. The highest BCUT2D eigenvalue weighted by Gasteiger charge is 2.34. The third kappa shape index (κ3) is 2.40. The van der Waals surface area contributed by atoms with E-state index in [1.807, 2.05) is 0 Å². The summed E-state index contributed by atoms with van der Waals surface area (Å²) in [5.74, 6) is 0.801. The molecule has 5 nitrogen and oxygen atoms in total. The highest BCUT2D eigenvalue weighted by atomic mass is 35.5. The molecule has 100 valence electrons. The molecule has 8 heteroatoms. The van der Waals surface area contributed by atoms with Crippen LogP contribution >= 0.6 is 23.4 Å². The summed E-state index contributed by atoms with van der Waals surface area (Å²) >= 11 is 7.62. The van der Waals surface area contributed by atoms with Gasteiger partial charge in [-0.1, -0.05) is 6.07 Å². The number of nitrogen functional groups attached to an aromatic ring is 1. The molecule has 1 saturated heterocycles. The number of benzene rings is 1. The van der Waals surface area contributed by atoms with Crippen LogP contribution in [-0.2, 0) is 10.0 Å². The van der Waals surface area contributed by atoms with Crippen molar-refractivity contribution >= 4 is 39.1 Å². The molecular formula is C10H13ClN2O3S2. The van der Waals surface area contributed by atoms with Gasteiger partial charge in [0.05, 0.1) is 5.69 Å². The van der Waals surface area contributed by atoms with Gasteiger partial charge in [-0.25, -0.2) is 8.42 Å². The number of nitrogens with zero attached hydrogens (tertiary/aromatic N) is 1. The Morgan fingerprint density at radius 1 is 1.50 bits per heavy atom. The van der Waals surface area contributed by atoms with E-state index in [2.05, 4.69) is 0 Å². The van der Waals surface area contributed by atoms with Crippen molar-refractivity contribution < 1.29 is 13.5 Å². The largest absolute Gasteiger partial charge is 0.504 e. The summed E-state index contributed by atoms with van der Waals surface area (Å²) in [6.45, 7) is 0.329. The highest BCUT2D eigenvalue weighted by molar-refractivity contribution is 7.99. The Balaban J connectivity index is 2.44. The lowest BCUT2D eigenvalue weighted by Crippen LogP contribution is -2.43. The summed E-state index contributed by atoms with van der Waals surface area (Å²) in [6, 6.07) is 4.26. The van der Waals surface area contributed by atoms with Crippen LogP contribution in [-0.4, -0.2) is 41.4 Å². The Morgan fingerprint density at radius 3 is 2.89 bits per heavy atom. The van der Waals surface area contributed by atoms with Crippen LogP contribution in [0.5, 0.6) is 5.75 Å². The van der Waals surface area contributed by atoms with Gasteiger partial charge in [-0.3, -0.25) is 0 Å². The number of para-hydroxylation sites is 1. The second-order valence-corrected chi connectivity index (χ2v) is 7.33. The minimum absolute atomic E-state index is 0.0357. The van der Waals surface area contributed by atoms with Gasteiger partial charge in [0.15, 0.2) is 5.75 Å². The normalized spacial score (nSPS) is 21.9. The van der Waals surface area contributed by atoms with Crippen LogP contribution in [0.3, 0.4) is 0 Å².